The van der Waals surface area contributed by atoms with E-state index in [-0.39, 0.29) is 17.2 Å². The van der Waals surface area contributed by atoms with Gasteiger partial charge in [0.25, 0.3) is 11.5 Å². The van der Waals surface area contributed by atoms with Crippen molar-refractivity contribution in [3.05, 3.63) is 68.4 Å². The highest BCUT2D eigenvalue weighted by Gasteiger charge is 2.28. The molecule has 0 unspecified atom stereocenters. The minimum atomic E-state index is -0.552. The van der Waals surface area contributed by atoms with Crippen molar-refractivity contribution in [2.45, 2.75) is 39.0 Å². The summed E-state index contributed by atoms with van der Waals surface area (Å²) in [5.74, 6) is -0.203. The minimum Gasteiger partial charge on any atom is -0.342 e. The largest absolute Gasteiger partial charge is 0.342 e. The van der Waals surface area contributed by atoms with Crippen LogP contribution in [0, 0.1) is 30.0 Å². The fourth-order valence-corrected chi connectivity index (χ4v) is 4.22. The zero-order chi connectivity index (χ0) is 24.4. The van der Waals surface area contributed by atoms with Gasteiger partial charge in [-0.15, -0.1) is 0 Å². The second kappa shape index (κ2) is 9.64. The number of halogens is 1. The van der Waals surface area contributed by atoms with Crippen LogP contribution in [0.3, 0.4) is 0 Å². The summed E-state index contributed by atoms with van der Waals surface area (Å²) in [6.45, 7) is 2.97. The maximum atomic E-state index is 14.2. The molecule has 0 spiro atoms. The summed E-state index contributed by atoms with van der Waals surface area (Å²) < 4.78 is 15.4. The molecule has 34 heavy (non-hydrogen) atoms. The number of nitriles is 1. The van der Waals surface area contributed by atoms with Crippen molar-refractivity contribution < 1.29 is 14.0 Å². The Balaban J connectivity index is 1.54. The van der Waals surface area contributed by atoms with Gasteiger partial charge in [0.2, 0.25) is 5.91 Å². The molecular weight excluding hydrogens is 435 g/mol. The zero-order valence-electron chi connectivity index (χ0n) is 19.4. The van der Waals surface area contributed by atoms with Gasteiger partial charge in [0.15, 0.2) is 0 Å². The lowest BCUT2D eigenvalue weighted by atomic mass is 9.98. The van der Waals surface area contributed by atoms with Gasteiger partial charge in [-0.05, 0) is 62.3 Å². The third kappa shape index (κ3) is 5.25. The number of nitrogens with zero attached hydrogens (tertiary/aromatic N) is 3. The van der Waals surface area contributed by atoms with Crippen LogP contribution in [-0.2, 0) is 11.8 Å². The second-order valence-corrected chi connectivity index (χ2v) is 9.11. The van der Waals surface area contributed by atoms with Gasteiger partial charge in [-0.1, -0.05) is 11.6 Å². The third-order valence-electron chi connectivity index (χ3n) is 6.49. The molecule has 2 aromatic rings. The van der Waals surface area contributed by atoms with Gasteiger partial charge in [-0.2, -0.15) is 5.26 Å². The van der Waals surface area contributed by atoms with Crippen LogP contribution in [0.2, 0.25) is 0 Å². The van der Waals surface area contributed by atoms with Crippen LogP contribution in [0.4, 0.5) is 10.1 Å². The zero-order valence-corrected chi connectivity index (χ0v) is 19.4. The fraction of sp³-hybridized carbons (Fsp3) is 0.385. The van der Waals surface area contributed by atoms with Crippen LogP contribution in [0.25, 0.3) is 6.08 Å². The smallest absolute Gasteiger partial charge is 0.255 e. The number of amides is 2. The molecule has 1 aliphatic carbocycles. The van der Waals surface area contributed by atoms with Gasteiger partial charge in [0.1, 0.15) is 17.6 Å². The highest BCUT2D eigenvalue weighted by atomic mass is 19.1. The molecule has 1 N–H and O–H groups in total. The van der Waals surface area contributed by atoms with E-state index in [1.807, 2.05) is 17.0 Å². The lowest BCUT2D eigenvalue weighted by Crippen LogP contribution is -2.36. The van der Waals surface area contributed by atoms with Crippen LogP contribution < -0.4 is 10.9 Å². The van der Waals surface area contributed by atoms with Crippen molar-refractivity contribution in [1.82, 2.24) is 9.47 Å². The molecule has 1 aliphatic heterocycles. The number of carbonyl (C=O) groups excluding carboxylic acids is 2. The molecular formula is C26H27FN4O3. The van der Waals surface area contributed by atoms with Gasteiger partial charge < -0.3 is 14.8 Å². The number of anilines is 1. The molecule has 176 valence electrons. The standard InChI is InChI=1S/C26H27FN4O3/c1-16-9-21(27)12-19(10-18-5-7-31(8-6-18)24(33)11-17-3-4-17)25(16)29-26(34)20-13-22(15-28)30(2)23(32)14-20/h9-10,12-14,17H,3-8,11H2,1-2H3,(H,29,34). The Morgan fingerprint density at radius 1 is 1.21 bits per heavy atom. The summed E-state index contributed by atoms with van der Waals surface area (Å²) in [7, 11) is 1.46. The number of rotatable bonds is 5. The van der Waals surface area contributed by atoms with Crippen LogP contribution in [0.1, 0.15) is 59.3 Å². The molecule has 2 fully saturated rings. The number of aryl methyl sites for hydroxylation is 1. The first-order chi connectivity index (χ1) is 16.2. The average molecular weight is 463 g/mol. The molecule has 1 saturated heterocycles. The van der Waals surface area contributed by atoms with E-state index in [0.29, 0.717) is 55.1 Å². The Morgan fingerprint density at radius 2 is 1.91 bits per heavy atom. The molecule has 8 heteroatoms. The predicted octanol–water partition coefficient (Wildman–Crippen LogP) is 3.76. The number of hydrogen-bond acceptors (Lipinski definition) is 4. The van der Waals surface area contributed by atoms with Crippen molar-refractivity contribution in [3.63, 3.8) is 0 Å². The summed E-state index contributed by atoms with van der Waals surface area (Å²) in [6.07, 6.45) is 6.19. The minimum absolute atomic E-state index is 0.0597. The summed E-state index contributed by atoms with van der Waals surface area (Å²) in [6, 6.07) is 7.12. The molecule has 1 aromatic carbocycles. The Kier molecular flexibility index (Phi) is 6.64. The maximum Gasteiger partial charge on any atom is 0.255 e. The van der Waals surface area contributed by atoms with Crippen molar-refractivity contribution in [2.75, 3.05) is 18.4 Å². The molecule has 2 amide bonds. The van der Waals surface area contributed by atoms with E-state index in [1.165, 1.54) is 31.3 Å². The lowest BCUT2D eigenvalue weighted by molar-refractivity contribution is -0.132. The second-order valence-electron chi connectivity index (χ2n) is 9.11. The molecule has 1 aromatic heterocycles. The summed E-state index contributed by atoms with van der Waals surface area (Å²) >= 11 is 0. The quantitative estimate of drug-likeness (QED) is 0.732. The molecule has 2 aliphatic rings. The number of carbonyl (C=O) groups is 2. The van der Waals surface area contributed by atoms with Gasteiger partial charge >= 0.3 is 0 Å². The average Bonchev–Trinajstić information content (AvgIpc) is 3.62. The molecule has 7 nitrogen and oxygen atoms in total. The van der Waals surface area contributed by atoms with E-state index in [4.69, 9.17) is 0 Å². The van der Waals surface area contributed by atoms with Crippen LogP contribution in [-0.4, -0.2) is 34.4 Å². The number of nitrogens with one attached hydrogen (secondary N) is 1. The third-order valence-corrected chi connectivity index (χ3v) is 6.49. The normalized spacial score (nSPS) is 15.6. The maximum absolute atomic E-state index is 14.2. The number of piperidine rings is 1. The van der Waals surface area contributed by atoms with Crippen LogP contribution in [0.5, 0.6) is 0 Å². The van der Waals surface area contributed by atoms with E-state index < -0.39 is 17.3 Å². The topological polar surface area (TPSA) is 95.2 Å². The molecule has 0 atom stereocenters. The van der Waals surface area contributed by atoms with Gasteiger partial charge in [0, 0.05) is 43.8 Å². The predicted molar refractivity (Wildman–Crippen MR) is 127 cm³/mol. The van der Waals surface area contributed by atoms with E-state index in [9.17, 15) is 24.0 Å². The Bertz CT molecular complexity index is 1270. The van der Waals surface area contributed by atoms with Crippen LogP contribution >= 0.6 is 0 Å². The van der Waals surface area contributed by atoms with E-state index >= 15 is 0 Å². The summed E-state index contributed by atoms with van der Waals surface area (Å²) in [4.78, 5) is 39.3. The number of aromatic nitrogens is 1. The SMILES string of the molecule is Cc1cc(F)cc(C=C2CCN(C(=O)CC3CC3)CC2)c1NC(=O)c1cc(C#N)n(C)c(=O)c1. The number of pyridine rings is 1. The molecule has 1 saturated carbocycles. The fourth-order valence-electron chi connectivity index (χ4n) is 4.22. The van der Waals surface area contributed by atoms with Crippen molar-refractivity contribution in [1.29, 1.82) is 5.26 Å². The van der Waals surface area contributed by atoms with Crippen LogP contribution in [0.15, 0.2) is 34.6 Å². The Morgan fingerprint density at radius 3 is 2.56 bits per heavy atom. The molecule has 0 bridgehead atoms. The van der Waals surface area contributed by atoms with E-state index in [2.05, 4.69) is 5.32 Å². The van der Waals surface area contributed by atoms with E-state index in [1.54, 1.807) is 6.92 Å². The van der Waals surface area contributed by atoms with Gasteiger partial charge in [-0.25, -0.2) is 4.39 Å². The van der Waals surface area contributed by atoms with Gasteiger partial charge in [-0.3, -0.25) is 14.4 Å². The first-order valence-corrected chi connectivity index (χ1v) is 11.4. The lowest BCUT2D eigenvalue weighted by Gasteiger charge is -2.29. The van der Waals surface area contributed by atoms with E-state index in [0.717, 1.165) is 23.0 Å². The van der Waals surface area contributed by atoms with Crippen molar-refractivity contribution in [3.8, 4) is 6.07 Å². The highest BCUT2D eigenvalue weighted by molar-refractivity contribution is 6.05. The Hall–Kier alpha value is -3.73. The highest BCUT2D eigenvalue weighted by Crippen LogP contribution is 2.34. The Labute approximate surface area is 197 Å². The number of hydrogen-bond donors (Lipinski definition) is 1. The number of likely N-dealkylation sites (tertiary alicyclic amines) is 1. The summed E-state index contributed by atoms with van der Waals surface area (Å²) in [5, 5.41) is 12.0. The molecule has 0 radical (unpaired) electrons. The molecule has 4 rings (SSSR count). The number of benzene rings is 1. The van der Waals surface area contributed by atoms with Gasteiger partial charge in [0.05, 0.1) is 5.69 Å². The van der Waals surface area contributed by atoms with Crippen molar-refractivity contribution in [2.24, 2.45) is 13.0 Å². The van der Waals surface area contributed by atoms with Crippen molar-refractivity contribution >= 4 is 23.6 Å². The summed E-state index contributed by atoms with van der Waals surface area (Å²) in [5.41, 5.74) is 2.26. The monoisotopic (exact) mass is 462 g/mol. The molecule has 2 heterocycles. The first kappa shape index (κ1) is 23.4. The first-order valence-electron chi connectivity index (χ1n) is 11.4.